The van der Waals surface area contributed by atoms with Gasteiger partial charge in [-0.05, 0) is 18.4 Å². The van der Waals surface area contributed by atoms with Crippen molar-refractivity contribution in [2.75, 3.05) is 25.0 Å². The first-order valence-corrected chi connectivity index (χ1v) is 7.01. The predicted molar refractivity (Wildman–Crippen MR) is 77.2 cm³/mol. The average Bonchev–Trinajstić information content (AvgIpc) is 2.81. The second-order valence-corrected chi connectivity index (χ2v) is 5.58. The minimum absolute atomic E-state index is 0.0867. The average molecular weight is 283 g/mol. The van der Waals surface area contributed by atoms with Gasteiger partial charge in [-0.2, -0.15) is 0 Å². The van der Waals surface area contributed by atoms with Crippen molar-refractivity contribution in [2.24, 2.45) is 11.8 Å². The highest BCUT2D eigenvalue weighted by atomic mass is 16.4. The Kier molecular flexibility index (Phi) is 7.00. The number of carbonyl (C=O) groups is 1. The molecule has 0 bridgehead atoms. The van der Waals surface area contributed by atoms with Crippen LogP contribution in [0.4, 0.5) is 6.01 Å². The maximum Gasteiger partial charge on any atom is 0.315 e. The molecule has 1 aromatic heterocycles. The van der Waals surface area contributed by atoms with Crippen LogP contribution in [0.2, 0.25) is 0 Å². The van der Waals surface area contributed by atoms with Crippen LogP contribution < -0.4 is 16.0 Å². The Bertz CT molecular complexity index is 403. The highest BCUT2D eigenvalue weighted by Gasteiger charge is 2.08. The molecule has 0 fully saturated rings. The maximum atomic E-state index is 11.5. The molecule has 7 nitrogen and oxygen atoms in total. The van der Waals surface area contributed by atoms with Gasteiger partial charge in [0.1, 0.15) is 0 Å². The van der Waals surface area contributed by atoms with Gasteiger partial charge in [-0.25, -0.2) is 0 Å². The number of carbonyl (C=O) groups excluding carboxylic acids is 1. The third-order valence-electron chi connectivity index (χ3n) is 2.40. The Morgan fingerprint density at radius 1 is 1.15 bits per heavy atom. The van der Waals surface area contributed by atoms with E-state index in [2.05, 4.69) is 40.0 Å². The Morgan fingerprint density at radius 2 is 1.85 bits per heavy atom. The predicted octanol–water partition coefficient (Wildman–Crippen LogP) is 0.999. The van der Waals surface area contributed by atoms with E-state index in [1.165, 1.54) is 0 Å². The zero-order valence-corrected chi connectivity index (χ0v) is 12.7. The van der Waals surface area contributed by atoms with Crippen LogP contribution in [-0.2, 0) is 11.3 Å². The molecule has 1 amide bonds. The van der Waals surface area contributed by atoms with E-state index in [1.54, 1.807) is 0 Å². The van der Waals surface area contributed by atoms with Gasteiger partial charge in [-0.1, -0.05) is 32.8 Å². The molecule has 20 heavy (non-hydrogen) atoms. The number of rotatable bonds is 9. The SMILES string of the molecule is CC(C)CNCc1nnc(NCC(=O)NCC(C)C)o1. The third-order valence-corrected chi connectivity index (χ3v) is 2.40. The molecule has 1 heterocycles. The molecule has 1 aromatic rings. The fourth-order valence-corrected chi connectivity index (χ4v) is 1.40. The van der Waals surface area contributed by atoms with Gasteiger partial charge in [0.2, 0.25) is 11.8 Å². The summed E-state index contributed by atoms with van der Waals surface area (Å²) in [5.74, 6) is 1.42. The van der Waals surface area contributed by atoms with Gasteiger partial charge < -0.3 is 20.4 Å². The molecule has 0 aliphatic carbocycles. The summed E-state index contributed by atoms with van der Waals surface area (Å²) in [6.07, 6.45) is 0. The molecule has 0 unspecified atom stereocenters. The molecule has 3 N–H and O–H groups in total. The largest absolute Gasteiger partial charge is 0.407 e. The Labute approximate surface area is 119 Å². The molecular formula is C13H25N5O2. The summed E-state index contributed by atoms with van der Waals surface area (Å²) in [7, 11) is 0. The normalized spacial score (nSPS) is 11.1. The van der Waals surface area contributed by atoms with Crippen molar-refractivity contribution < 1.29 is 9.21 Å². The first-order chi connectivity index (χ1) is 9.47. The molecule has 0 atom stereocenters. The molecule has 0 saturated carbocycles. The van der Waals surface area contributed by atoms with Gasteiger partial charge >= 0.3 is 6.01 Å². The van der Waals surface area contributed by atoms with Gasteiger partial charge in [0.15, 0.2) is 0 Å². The number of hydrogen-bond acceptors (Lipinski definition) is 6. The molecule has 0 aliphatic heterocycles. The number of hydrogen-bond donors (Lipinski definition) is 3. The summed E-state index contributed by atoms with van der Waals surface area (Å²) in [6, 6.07) is 0.269. The van der Waals surface area contributed by atoms with Crippen LogP contribution in [-0.4, -0.2) is 35.7 Å². The van der Waals surface area contributed by atoms with Crippen molar-refractivity contribution in [3.63, 3.8) is 0 Å². The maximum absolute atomic E-state index is 11.5. The van der Waals surface area contributed by atoms with Crippen molar-refractivity contribution >= 4 is 11.9 Å². The fourth-order valence-electron chi connectivity index (χ4n) is 1.40. The van der Waals surface area contributed by atoms with E-state index in [-0.39, 0.29) is 18.5 Å². The second kappa shape index (κ2) is 8.52. The zero-order valence-electron chi connectivity index (χ0n) is 12.7. The summed E-state index contributed by atoms with van der Waals surface area (Å²) in [5, 5.41) is 16.5. The molecule has 0 spiro atoms. The molecule has 0 saturated heterocycles. The van der Waals surface area contributed by atoms with Crippen LogP contribution >= 0.6 is 0 Å². The molecule has 7 heteroatoms. The Hall–Kier alpha value is -1.63. The van der Waals surface area contributed by atoms with Crippen LogP contribution in [0.3, 0.4) is 0 Å². The Morgan fingerprint density at radius 3 is 2.50 bits per heavy atom. The van der Waals surface area contributed by atoms with Crippen molar-refractivity contribution in [1.82, 2.24) is 20.8 Å². The lowest BCUT2D eigenvalue weighted by Crippen LogP contribution is -2.32. The Balaban J connectivity index is 2.24. The van der Waals surface area contributed by atoms with Crippen molar-refractivity contribution in [3.8, 4) is 0 Å². The summed E-state index contributed by atoms with van der Waals surface area (Å²) in [6.45, 7) is 10.6. The van der Waals surface area contributed by atoms with E-state index in [1.807, 2.05) is 13.8 Å². The first-order valence-electron chi connectivity index (χ1n) is 7.01. The number of anilines is 1. The van der Waals surface area contributed by atoms with Crippen LogP contribution in [0.5, 0.6) is 0 Å². The number of amides is 1. The minimum Gasteiger partial charge on any atom is -0.407 e. The number of aromatic nitrogens is 2. The lowest BCUT2D eigenvalue weighted by atomic mass is 10.2. The summed E-state index contributed by atoms with van der Waals surface area (Å²) < 4.78 is 5.37. The van der Waals surface area contributed by atoms with Gasteiger partial charge in [-0.15, -0.1) is 5.10 Å². The quantitative estimate of drug-likeness (QED) is 0.626. The fraction of sp³-hybridized carbons (Fsp3) is 0.769. The highest BCUT2D eigenvalue weighted by molar-refractivity contribution is 5.79. The molecular weight excluding hydrogens is 258 g/mol. The molecule has 0 aliphatic rings. The number of nitrogens with zero attached hydrogens (tertiary/aromatic N) is 2. The third kappa shape index (κ3) is 7.08. The van der Waals surface area contributed by atoms with Crippen molar-refractivity contribution in [1.29, 1.82) is 0 Å². The zero-order chi connectivity index (χ0) is 15.0. The standard InChI is InChI=1S/C13H25N5O2/c1-9(2)5-14-8-12-17-18-13(20-12)16-7-11(19)15-6-10(3)4/h9-10,14H,5-8H2,1-4H3,(H,15,19)(H,16,18). The smallest absolute Gasteiger partial charge is 0.315 e. The molecule has 0 aromatic carbocycles. The van der Waals surface area contributed by atoms with Gasteiger partial charge in [0, 0.05) is 6.54 Å². The van der Waals surface area contributed by atoms with Crippen LogP contribution in [0.1, 0.15) is 33.6 Å². The summed E-state index contributed by atoms with van der Waals surface area (Å²) in [4.78, 5) is 11.5. The second-order valence-electron chi connectivity index (χ2n) is 5.58. The van der Waals surface area contributed by atoms with Crippen molar-refractivity contribution in [3.05, 3.63) is 5.89 Å². The van der Waals surface area contributed by atoms with E-state index in [9.17, 15) is 4.79 Å². The summed E-state index contributed by atoms with van der Waals surface area (Å²) >= 11 is 0. The number of nitrogens with one attached hydrogen (secondary N) is 3. The lowest BCUT2D eigenvalue weighted by molar-refractivity contribution is -0.119. The molecule has 114 valence electrons. The van der Waals surface area contributed by atoms with E-state index in [0.29, 0.717) is 30.8 Å². The summed E-state index contributed by atoms with van der Waals surface area (Å²) in [5.41, 5.74) is 0. The van der Waals surface area contributed by atoms with E-state index >= 15 is 0 Å². The lowest BCUT2D eigenvalue weighted by Gasteiger charge is -2.07. The van der Waals surface area contributed by atoms with Gasteiger partial charge in [0.25, 0.3) is 0 Å². The van der Waals surface area contributed by atoms with Gasteiger partial charge in [-0.3, -0.25) is 4.79 Å². The van der Waals surface area contributed by atoms with E-state index < -0.39 is 0 Å². The van der Waals surface area contributed by atoms with E-state index in [4.69, 9.17) is 4.42 Å². The van der Waals surface area contributed by atoms with Crippen LogP contribution in [0, 0.1) is 11.8 Å². The van der Waals surface area contributed by atoms with Crippen LogP contribution in [0.25, 0.3) is 0 Å². The molecule has 1 rings (SSSR count). The van der Waals surface area contributed by atoms with Crippen LogP contribution in [0.15, 0.2) is 4.42 Å². The monoisotopic (exact) mass is 283 g/mol. The highest BCUT2D eigenvalue weighted by Crippen LogP contribution is 2.04. The van der Waals surface area contributed by atoms with E-state index in [0.717, 1.165) is 6.54 Å². The topological polar surface area (TPSA) is 92.1 Å². The molecule has 0 radical (unpaired) electrons. The first kappa shape index (κ1) is 16.4. The van der Waals surface area contributed by atoms with Crippen molar-refractivity contribution in [2.45, 2.75) is 34.2 Å². The van der Waals surface area contributed by atoms with Gasteiger partial charge in [0.05, 0.1) is 13.1 Å². The minimum atomic E-state index is -0.0867.